The maximum Gasteiger partial charge on any atom is 0.251 e. The van der Waals surface area contributed by atoms with Crippen molar-refractivity contribution in [3.05, 3.63) is 0 Å². The zero-order valence-corrected chi connectivity index (χ0v) is 11.4. The Hall–Kier alpha value is -0.730. The molecule has 0 aromatic carbocycles. The van der Waals surface area contributed by atoms with Gasteiger partial charge >= 0.3 is 0 Å². The molecule has 0 saturated heterocycles. The average Bonchev–Trinajstić information content (AvgIpc) is 2.27. The maximum absolute atomic E-state index is 12.4. The predicted octanol–water partition coefficient (Wildman–Crippen LogP) is 2.39. The molecule has 2 atom stereocenters. The number of halogens is 2. The monoisotopic (exact) mass is 259 g/mol. The van der Waals surface area contributed by atoms with Crippen LogP contribution in [0.5, 0.6) is 0 Å². The number of rotatable bonds is 5. The van der Waals surface area contributed by atoms with Gasteiger partial charge in [-0.3, -0.25) is 10.2 Å². The van der Waals surface area contributed by atoms with Crippen molar-refractivity contribution in [2.45, 2.75) is 63.6 Å². The second kappa shape index (κ2) is 6.44. The Morgan fingerprint density at radius 3 is 2.67 bits per heavy atom. The van der Waals surface area contributed by atoms with E-state index in [2.05, 4.69) is 11.4 Å². The van der Waals surface area contributed by atoms with E-state index in [9.17, 15) is 14.0 Å². The molecule has 1 aliphatic carbocycles. The predicted molar refractivity (Wildman–Crippen MR) is 67.5 cm³/mol. The first-order valence-electron chi connectivity index (χ1n) is 6.56. The van der Waals surface area contributed by atoms with Crippen LogP contribution in [0.3, 0.4) is 0 Å². The molecule has 1 rings (SSSR count). The molecule has 2 unspecified atom stereocenters. The van der Waals surface area contributed by atoms with Crippen LogP contribution in [-0.4, -0.2) is 42.5 Å². The zero-order chi connectivity index (χ0) is 13.8. The molecule has 5 heteroatoms. The summed E-state index contributed by atoms with van der Waals surface area (Å²) in [7, 11) is 1.72. The standard InChI is InChI=1S/C13H23F2N3/c1-10(2)17-13(9-16)6-4-5-11(7-13)18(3)8-12(14)15/h10-12,17H,4-8H2,1-3H3. The van der Waals surface area contributed by atoms with Gasteiger partial charge in [-0.05, 0) is 46.6 Å². The lowest BCUT2D eigenvalue weighted by atomic mass is 9.79. The quantitative estimate of drug-likeness (QED) is 0.824. The first kappa shape index (κ1) is 15.3. The molecule has 1 fully saturated rings. The van der Waals surface area contributed by atoms with E-state index in [1.165, 1.54) is 0 Å². The molecular weight excluding hydrogens is 236 g/mol. The van der Waals surface area contributed by atoms with Gasteiger partial charge < -0.3 is 0 Å². The summed E-state index contributed by atoms with van der Waals surface area (Å²) in [6.45, 7) is 3.80. The zero-order valence-electron chi connectivity index (χ0n) is 11.4. The van der Waals surface area contributed by atoms with Crippen molar-refractivity contribution in [1.29, 1.82) is 5.26 Å². The van der Waals surface area contributed by atoms with Crippen molar-refractivity contribution in [2.24, 2.45) is 0 Å². The highest BCUT2D eigenvalue weighted by atomic mass is 19.3. The van der Waals surface area contributed by atoms with E-state index in [0.29, 0.717) is 6.42 Å². The Bertz CT molecular complexity index is 301. The van der Waals surface area contributed by atoms with Crippen molar-refractivity contribution in [2.75, 3.05) is 13.6 Å². The average molecular weight is 259 g/mol. The van der Waals surface area contributed by atoms with Crippen LogP contribution in [0.25, 0.3) is 0 Å². The summed E-state index contributed by atoms with van der Waals surface area (Å²) in [5.74, 6) is 0. The lowest BCUT2D eigenvalue weighted by Crippen LogP contribution is -2.54. The molecule has 0 radical (unpaired) electrons. The molecule has 18 heavy (non-hydrogen) atoms. The molecule has 104 valence electrons. The Kier molecular flexibility index (Phi) is 5.48. The molecule has 0 aromatic rings. The third-order valence-corrected chi connectivity index (χ3v) is 3.55. The number of hydrogen-bond acceptors (Lipinski definition) is 3. The van der Waals surface area contributed by atoms with Crippen molar-refractivity contribution >= 4 is 0 Å². The molecule has 0 spiro atoms. The van der Waals surface area contributed by atoms with E-state index in [0.717, 1.165) is 19.3 Å². The smallest absolute Gasteiger partial charge is 0.251 e. The van der Waals surface area contributed by atoms with Crippen molar-refractivity contribution < 1.29 is 8.78 Å². The van der Waals surface area contributed by atoms with E-state index < -0.39 is 12.0 Å². The van der Waals surface area contributed by atoms with Crippen LogP contribution in [0.4, 0.5) is 8.78 Å². The summed E-state index contributed by atoms with van der Waals surface area (Å²) in [6, 6.07) is 2.66. The second-order valence-electron chi connectivity index (χ2n) is 5.57. The summed E-state index contributed by atoms with van der Waals surface area (Å²) >= 11 is 0. The first-order valence-corrected chi connectivity index (χ1v) is 6.56. The summed E-state index contributed by atoms with van der Waals surface area (Å²) in [5, 5.41) is 12.7. The lowest BCUT2D eigenvalue weighted by Gasteiger charge is -2.41. The van der Waals surface area contributed by atoms with Gasteiger partial charge in [-0.1, -0.05) is 0 Å². The van der Waals surface area contributed by atoms with Crippen LogP contribution >= 0.6 is 0 Å². The van der Waals surface area contributed by atoms with E-state index >= 15 is 0 Å². The fourth-order valence-electron chi connectivity index (χ4n) is 2.81. The highest BCUT2D eigenvalue weighted by Gasteiger charge is 2.38. The van der Waals surface area contributed by atoms with Crippen LogP contribution in [0.1, 0.15) is 39.5 Å². The molecule has 0 amide bonds. The van der Waals surface area contributed by atoms with Gasteiger partial charge in [0.05, 0.1) is 12.6 Å². The lowest BCUT2D eigenvalue weighted by molar-refractivity contribution is 0.0588. The number of nitriles is 1. The minimum absolute atomic E-state index is 0.0682. The van der Waals surface area contributed by atoms with Gasteiger partial charge in [0.1, 0.15) is 5.54 Å². The Labute approximate surface area is 108 Å². The fourth-order valence-corrected chi connectivity index (χ4v) is 2.81. The van der Waals surface area contributed by atoms with Gasteiger partial charge in [0.15, 0.2) is 0 Å². The van der Waals surface area contributed by atoms with E-state index in [1.807, 2.05) is 13.8 Å². The molecule has 1 aliphatic rings. The first-order chi connectivity index (χ1) is 8.38. The van der Waals surface area contributed by atoms with Crippen LogP contribution in [0.2, 0.25) is 0 Å². The second-order valence-corrected chi connectivity index (χ2v) is 5.57. The molecule has 0 heterocycles. The normalized spacial score (nSPS) is 28.9. The van der Waals surface area contributed by atoms with Gasteiger partial charge in [0.25, 0.3) is 6.43 Å². The largest absolute Gasteiger partial charge is 0.298 e. The summed E-state index contributed by atoms with van der Waals surface area (Å²) in [4.78, 5) is 1.69. The van der Waals surface area contributed by atoms with Gasteiger partial charge in [-0.15, -0.1) is 0 Å². The van der Waals surface area contributed by atoms with E-state index in [1.54, 1.807) is 11.9 Å². The topological polar surface area (TPSA) is 39.1 Å². The van der Waals surface area contributed by atoms with Crippen LogP contribution in [0.15, 0.2) is 0 Å². The minimum atomic E-state index is -2.31. The Morgan fingerprint density at radius 1 is 1.50 bits per heavy atom. The summed E-state index contributed by atoms with van der Waals surface area (Å²) < 4.78 is 24.8. The highest BCUT2D eigenvalue weighted by molar-refractivity contribution is 5.11. The van der Waals surface area contributed by atoms with E-state index in [-0.39, 0.29) is 18.6 Å². The molecule has 3 nitrogen and oxygen atoms in total. The summed E-state index contributed by atoms with van der Waals surface area (Å²) in [6.07, 6.45) is 0.926. The van der Waals surface area contributed by atoms with Crippen molar-refractivity contribution in [1.82, 2.24) is 10.2 Å². The van der Waals surface area contributed by atoms with Crippen LogP contribution in [-0.2, 0) is 0 Å². The van der Waals surface area contributed by atoms with E-state index in [4.69, 9.17) is 0 Å². The Balaban J connectivity index is 2.66. The minimum Gasteiger partial charge on any atom is -0.298 e. The maximum atomic E-state index is 12.4. The number of hydrogen-bond donors (Lipinski definition) is 1. The third kappa shape index (κ3) is 4.18. The highest BCUT2D eigenvalue weighted by Crippen LogP contribution is 2.31. The number of nitrogens with one attached hydrogen (secondary N) is 1. The molecule has 0 bridgehead atoms. The number of alkyl halides is 2. The van der Waals surface area contributed by atoms with Crippen molar-refractivity contribution in [3.8, 4) is 6.07 Å². The van der Waals surface area contributed by atoms with Crippen molar-refractivity contribution in [3.63, 3.8) is 0 Å². The van der Waals surface area contributed by atoms with Gasteiger partial charge in [-0.2, -0.15) is 5.26 Å². The molecule has 0 aromatic heterocycles. The van der Waals surface area contributed by atoms with Crippen LogP contribution in [0, 0.1) is 11.3 Å². The molecular formula is C13H23F2N3. The van der Waals surface area contributed by atoms with Crippen LogP contribution < -0.4 is 5.32 Å². The molecule has 0 aliphatic heterocycles. The number of nitrogens with zero attached hydrogens (tertiary/aromatic N) is 2. The molecule has 1 saturated carbocycles. The Morgan fingerprint density at radius 2 is 2.17 bits per heavy atom. The fraction of sp³-hybridized carbons (Fsp3) is 0.923. The SMILES string of the molecule is CC(C)NC1(C#N)CCCC(N(C)CC(F)F)C1. The van der Waals surface area contributed by atoms with Gasteiger partial charge in [0.2, 0.25) is 0 Å². The van der Waals surface area contributed by atoms with Gasteiger partial charge in [-0.25, -0.2) is 8.78 Å². The third-order valence-electron chi connectivity index (χ3n) is 3.55. The molecule has 1 N–H and O–H groups in total. The van der Waals surface area contributed by atoms with Gasteiger partial charge in [0, 0.05) is 12.1 Å². The summed E-state index contributed by atoms with van der Waals surface area (Å²) in [5.41, 5.74) is -0.548.